The SMILES string of the molecule is COC(=O)C1CCCCC1Oc1c(F)c(F)nc(Oc2cc(C#N)ccc2OCc2ccccc2)c1F. The number of aromatic nitrogens is 1. The molecule has 1 aliphatic carbocycles. The first-order valence-electron chi connectivity index (χ1n) is 11.6. The number of hydrogen-bond donors (Lipinski definition) is 0. The van der Waals surface area contributed by atoms with Crippen molar-refractivity contribution in [3.63, 3.8) is 0 Å². The molecule has 1 aromatic heterocycles. The van der Waals surface area contributed by atoms with Gasteiger partial charge in [0.1, 0.15) is 12.7 Å². The molecule has 0 spiro atoms. The second-order valence-corrected chi connectivity index (χ2v) is 8.38. The first-order chi connectivity index (χ1) is 17.9. The molecule has 2 aromatic carbocycles. The number of methoxy groups -OCH3 is 1. The Morgan fingerprint density at radius 2 is 1.81 bits per heavy atom. The van der Waals surface area contributed by atoms with E-state index < -0.39 is 47.2 Å². The van der Waals surface area contributed by atoms with Crippen LogP contribution >= 0.6 is 0 Å². The predicted octanol–water partition coefficient (Wildman–Crippen LogP) is 5.85. The molecule has 1 aliphatic rings. The minimum atomic E-state index is -1.65. The fraction of sp³-hybridized carbons (Fsp3) is 0.296. The van der Waals surface area contributed by atoms with Gasteiger partial charge in [-0.25, -0.2) is 0 Å². The maximum absolute atomic E-state index is 15.4. The molecule has 0 amide bonds. The average molecular weight is 512 g/mol. The fourth-order valence-corrected chi connectivity index (χ4v) is 4.07. The Morgan fingerprint density at radius 3 is 2.54 bits per heavy atom. The number of hydrogen-bond acceptors (Lipinski definition) is 7. The molecule has 1 fully saturated rings. The monoisotopic (exact) mass is 512 g/mol. The number of halogens is 3. The van der Waals surface area contributed by atoms with Gasteiger partial charge in [0, 0.05) is 6.07 Å². The maximum Gasteiger partial charge on any atom is 0.312 e. The van der Waals surface area contributed by atoms with E-state index in [4.69, 9.17) is 18.9 Å². The first-order valence-corrected chi connectivity index (χ1v) is 11.6. The summed E-state index contributed by atoms with van der Waals surface area (Å²) in [5.41, 5.74) is 0.989. The maximum atomic E-state index is 15.4. The van der Waals surface area contributed by atoms with Gasteiger partial charge in [0.15, 0.2) is 11.5 Å². The second kappa shape index (κ2) is 11.6. The van der Waals surface area contributed by atoms with E-state index in [1.54, 1.807) is 0 Å². The largest absolute Gasteiger partial charge is 0.485 e. The highest BCUT2D eigenvalue weighted by molar-refractivity contribution is 5.73. The molecule has 37 heavy (non-hydrogen) atoms. The van der Waals surface area contributed by atoms with Gasteiger partial charge in [-0.3, -0.25) is 4.79 Å². The van der Waals surface area contributed by atoms with Gasteiger partial charge in [0.05, 0.1) is 24.7 Å². The van der Waals surface area contributed by atoms with E-state index >= 15 is 4.39 Å². The summed E-state index contributed by atoms with van der Waals surface area (Å²) in [6, 6.07) is 15.3. The smallest absolute Gasteiger partial charge is 0.312 e. The van der Waals surface area contributed by atoms with Crippen LogP contribution < -0.4 is 14.2 Å². The normalized spacial score (nSPS) is 16.9. The molecular formula is C27H23F3N2O5. The van der Waals surface area contributed by atoms with Gasteiger partial charge in [-0.2, -0.15) is 23.4 Å². The van der Waals surface area contributed by atoms with Crippen molar-refractivity contribution in [2.45, 2.75) is 38.4 Å². The van der Waals surface area contributed by atoms with Crippen molar-refractivity contribution in [3.8, 4) is 29.2 Å². The lowest BCUT2D eigenvalue weighted by Gasteiger charge is -2.30. The molecule has 0 N–H and O–H groups in total. The number of ether oxygens (including phenoxy) is 4. The zero-order valence-corrected chi connectivity index (χ0v) is 19.9. The van der Waals surface area contributed by atoms with Crippen molar-refractivity contribution < 1.29 is 36.9 Å². The highest BCUT2D eigenvalue weighted by atomic mass is 19.2. The summed E-state index contributed by atoms with van der Waals surface area (Å²) in [4.78, 5) is 15.4. The lowest BCUT2D eigenvalue weighted by Crippen LogP contribution is -2.37. The number of carbonyl (C=O) groups excluding carboxylic acids is 1. The topological polar surface area (TPSA) is 90.7 Å². The molecule has 1 heterocycles. The molecule has 192 valence electrons. The summed E-state index contributed by atoms with van der Waals surface area (Å²) in [5, 5.41) is 9.27. The van der Waals surface area contributed by atoms with Gasteiger partial charge in [-0.15, -0.1) is 0 Å². The molecule has 4 rings (SSSR count). The van der Waals surface area contributed by atoms with Crippen LogP contribution in [0.25, 0.3) is 0 Å². The number of esters is 1. The molecule has 7 nitrogen and oxygen atoms in total. The van der Waals surface area contributed by atoms with Gasteiger partial charge in [-0.05, 0) is 37.0 Å². The van der Waals surface area contributed by atoms with Crippen molar-refractivity contribution in [1.82, 2.24) is 4.98 Å². The zero-order chi connectivity index (χ0) is 26.4. The number of rotatable bonds is 8. The fourth-order valence-electron chi connectivity index (χ4n) is 4.07. The first kappa shape index (κ1) is 25.8. The lowest BCUT2D eigenvalue weighted by atomic mass is 9.86. The third-order valence-electron chi connectivity index (χ3n) is 5.96. The van der Waals surface area contributed by atoms with Crippen molar-refractivity contribution >= 4 is 5.97 Å². The van der Waals surface area contributed by atoms with Crippen LogP contribution in [0.5, 0.6) is 23.1 Å². The van der Waals surface area contributed by atoms with Crippen LogP contribution in [-0.2, 0) is 16.1 Å². The minimum absolute atomic E-state index is 0.120. The Bertz CT molecular complexity index is 1310. The Morgan fingerprint density at radius 1 is 1.05 bits per heavy atom. The Balaban J connectivity index is 1.64. The predicted molar refractivity (Wildman–Crippen MR) is 125 cm³/mol. The molecule has 0 radical (unpaired) electrons. The molecule has 1 saturated carbocycles. The van der Waals surface area contributed by atoms with Gasteiger partial charge >= 0.3 is 5.97 Å². The Kier molecular flexibility index (Phi) is 8.13. The van der Waals surface area contributed by atoms with Crippen LogP contribution in [0.4, 0.5) is 13.2 Å². The van der Waals surface area contributed by atoms with E-state index in [0.717, 1.165) is 5.56 Å². The molecule has 0 aliphatic heterocycles. The standard InChI is InChI=1S/C27H23F3N2O5/c1-34-27(33)18-9-5-6-10-19(18)36-24-22(28)25(30)32-26(23(24)29)37-21-13-17(14-31)11-12-20(21)35-15-16-7-3-2-4-8-16/h2-4,7-8,11-13,18-19H,5-6,9-10,15H2,1H3. The summed E-state index contributed by atoms with van der Waals surface area (Å²) in [6.07, 6.45) is 1.17. The highest BCUT2D eigenvalue weighted by Gasteiger charge is 2.36. The van der Waals surface area contributed by atoms with Crippen LogP contribution in [-0.4, -0.2) is 24.2 Å². The van der Waals surface area contributed by atoms with E-state index in [9.17, 15) is 18.8 Å². The summed E-state index contributed by atoms with van der Waals surface area (Å²) < 4.78 is 65.9. The van der Waals surface area contributed by atoms with E-state index in [2.05, 4.69) is 4.98 Å². The molecule has 10 heteroatoms. The van der Waals surface area contributed by atoms with E-state index in [1.165, 1.54) is 25.3 Å². The van der Waals surface area contributed by atoms with Crippen molar-refractivity contribution in [1.29, 1.82) is 5.26 Å². The quantitative estimate of drug-likeness (QED) is 0.276. The van der Waals surface area contributed by atoms with Crippen LogP contribution in [0, 0.1) is 34.8 Å². The summed E-state index contributed by atoms with van der Waals surface area (Å²) in [6.45, 7) is 0.127. The Labute approximate surface area is 211 Å². The third-order valence-corrected chi connectivity index (χ3v) is 5.96. The number of nitrogens with zero attached hydrogens (tertiary/aromatic N) is 2. The van der Waals surface area contributed by atoms with Crippen molar-refractivity contribution in [2.75, 3.05) is 7.11 Å². The van der Waals surface area contributed by atoms with E-state index in [1.807, 2.05) is 36.4 Å². The third kappa shape index (κ3) is 5.94. The summed E-state index contributed by atoms with van der Waals surface area (Å²) >= 11 is 0. The summed E-state index contributed by atoms with van der Waals surface area (Å²) in [5.74, 6) is -8.02. The molecule has 2 unspecified atom stereocenters. The number of carbonyl (C=O) groups is 1. The van der Waals surface area contributed by atoms with Crippen molar-refractivity contribution in [2.24, 2.45) is 5.92 Å². The van der Waals surface area contributed by atoms with E-state index in [-0.39, 0.29) is 23.7 Å². The molecule has 3 aromatic rings. The van der Waals surface area contributed by atoms with Crippen LogP contribution in [0.2, 0.25) is 0 Å². The summed E-state index contributed by atoms with van der Waals surface area (Å²) in [7, 11) is 1.21. The average Bonchev–Trinajstić information content (AvgIpc) is 2.93. The number of benzene rings is 2. The van der Waals surface area contributed by atoms with Gasteiger partial charge in [0.25, 0.3) is 11.8 Å². The lowest BCUT2D eigenvalue weighted by molar-refractivity contribution is -0.150. The van der Waals surface area contributed by atoms with Crippen LogP contribution in [0.3, 0.4) is 0 Å². The molecule has 0 saturated heterocycles. The minimum Gasteiger partial charge on any atom is -0.485 e. The zero-order valence-electron chi connectivity index (χ0n) is 19.9. The molecule has 0 bridgehead atoms. The number of pyridine rings is 1. The number of nitriles is 1. The van der Waals surface area contributed by atoms with Gasteiger partial charge in [-0.1, -0.05) is 36.8 Å². The van der Waals surface area contributed by atoms with Crippen LogP contribution in [0.1, 0.15) is 36.8 Å². The van der Waals surface area contributed by atoms with E-state index in [0.29, 0.717) is 25.7 Å². The highest BCUT2D eigenvalue weighted by Crippen LogP contribution is 2.39. The molecular weight excluding hydrogens is 489 g/mol. The van der Waals surface area contributed by atoms with Gasteiger partial charge in [0.2, 0.25) is 17.4 Å². The van der Waals surface area contributed by atoms with Crippen LogP contribution in [0.15, 0.2) is 48.5 Å². The Hall–Kier alpha value is -4.26. The van der Waals surface area contributed by atoms with Gasteiger partial charge < -0.3 is 18.9 Å². The molecule has 2 atom stereocenters. The van der Waals surface area contributed by atoms with Crippen molar-refractivity contribution in [3.05, 3.63) is 77.2 Å². The second-order valence-electron chi connectivity index (χ2n) is 8.38.